The van der Waals surface area contributed by atoms with E-state index >= 15 is 0 Å². The summed E-state index contributed by atoms with van der Waals surface area (Å²) in [6.07, 6.45) is 0. The van der Waals surface area contributed by atoms with Crippen molar-refractivity contribution in [1.29, 1.82) is 0 Å². The van der Waals surface area contributed by atoms with Crippen LogP contribution < -0.4 is 10.7 Å². The van der Waals surface area contributed by atoms with Crippen molar-refractivity contribution in [3.63, 3.8) is 0 Å². The van der Waals surface area contributed by atoms with E-state index in [1.54, 1.807) is 41.0 Å². The molecule has 0 saturated carbocycles. The van der Waals surface area contributed by atoms with Gasteiger partial charge in [-0.2, -0.15) is 0 Å². The van der Waals surface area contributed by atoms with Crippen molar-refractivity contribution < 1.29 is 8.42 Å². The Morgan fingerprint density at radius 1 is 0.933 bits per heavy atom. The second kappa shape index (κ2) is 7.51. The highest BCUT2D eigenvalue weighted by Crippen LogP contribution is 2.29. The van der Waals surface area contributed by atoms with Gasteiger partial charge in [-0.25, -0.2) is 18.5 Å². The molecule has 0 radical (unpaired) electrons. The van der Waals surface area contributed by atoms with Gasteiger partial charge in [0.2, 0.25) is 10.0 Å². The number of para-hydroxylation sites is 1. The average molecular weight is 420 g/mol. The van der Waals surface area contributed by atoms with Gasteiger partial charge in [0, 0.05) is 5.92 Å². The van der Waals surface area contributed by atoms with Gasteiger partial charge in [-0.3, -0.25) is 9.36 Å². The molecule has 7 heteroatoms. The molecule has 0 bridgehead atoms. The van der Waals surface area contributed by atoms with E-state index in [0.717, 1.165) is 5.56 Å². The number of aromatic nitrogens is 2. The second-order valence-corrected chi connectivity index (χ2v) is 8.80. The summed E-state index contributed by atoms with van der Waals surface area (Å²) in [6.45, 7) is 3.79. The molecule has 4 rings (SSSR count). The fourth-order valence-corrected chi connectivity index (χ4v) is 4.46. The molecule has 0 saturated heterocycles. The smallest absolute Gasteiger partial charge is 0.265 e. The van der Waals surface area contributed by atoms with Crippen LogP contribution in [0.3, 0.4) is 0 Å². The van der Waals surface area contributed by atoms with Gasteiger partial charge in [-0.1, -0.05) is 55.0 Å². The first kappa shape index (κ1) is 20.0. The standard InChI is InChI=1S/C23H21N3O3S/c1-15-11-13-17(14-12-15)26-22(25-20-9-5-3-8-19(20)23(26)27)16(2)18-7-4-6-10-21(18)30(24,28)29/h3-14,16H,1-2H3,(H2,24,28,29). The van der Waals surface area contributed by atoms with E-state index in [2.05, 4.69) is 0 Å². The quantitative estimate of drug-likeness (QED) is 0.548. The molecular formula is C23H21N3O3S. The monoisotopic (exact) mass is 419 g/mol. The highest BCUT2D eigenvalue weighted by molar-refractivity contribution is 7.89. The van der Waals surface area contributed by atoms with E-state index in [1.807, 2.05) is 44.2 Å². The molecule has 1 unspecified atom stereocenters. The summed E-state index contributed by atoms with van der Waals surface area (Å²) in [7, 11) is -3.94. The Morgan fingerprint density at radius 2 is 1.57 bits per heavy atom. The van der Waals surface area contributed by atoms with Gasteiger partial charge in [0.15, 0.2) is 0 Å². The number of nitrogens with zero attached hydrogens (tertiary/aromatic N) is 2. The maximum Gasteiger partial charge on any atom is 0.265 e. The summed E-state index contributed by atoms with van der Waals surface area (Å²) >= 11 is 0. The minimum atomic E-state index is -3.94. The third-order valence-electron chi connectivity index (χ3n) is 5.17. The second-order valence-electron chi connectivity index (χ2n) is 7.27. The molecule has 30 heavy (non-hydrogen) atoms. The Bertz CT molecular complexity index is 1410. The van der Waals surface area contributed by atoms with Crippen molar-refractivity contribution in [2.75, 3.05) is 0 Å². The molecule has 1 heterocycles. The van der Waals surface area contributed by atoms with Crippen LogP contribution in [0.1, 0.15) is 29.8 Å². The Kier molecular flexibility index (Phi) is 5.01. The number of aryl methyl sites for hydroxylation is 1. The molecule has 0 aliphatic carbocycles. The lowest BCUT2D eigenvalue weighted by molar-refractivity contribution is 0.595. The van der Waals surface area contributed by atoms with E-state index < -0.39 is 15.9 Å². The maximum absolute atomic E-state index is 13.4. The van der Waals surface area contributed by atoms with Gasteiger partial charge in [0.05, 0.1) is 21.5 Å². The Balaban J connectivity index is 2.05. The van der Waals surface area contributed by atoms with Gasteiger partial charge in [0.25, 0.3) is 5.56 Å². The van der Waals surface area contributed by atoms with Crippen molar-refractivity contribution in [3.8, 4) is 5.69 Å². The van der Waals surface area contributed by atoms with E-state index in [0.29, 0.717) is 28.0 Å². The van der Waals surface area contributed by atoms with Gasteiger partial charge in [-0.15, -0.1) is 0 Å². The van der Waals surface area contributed by atoms with Crippen LogP contribution in [0.2, 0.25) is 0 Å². The molecule has 1 aromatic heterocycles. The van der Waals surface area contributed by atoms with Crippen LogP contribution in [0.15, 0.2) is 82.5 Å². The molecule has 0 spiro atoms. The topological polar surface area (TPSA) is 95.1 Å². The maximum atomic E-state index is 13.4. The van der Waals surface area contributed by atoms with Crippen LogP contribution in [-0.4, -0.2) is 18.0 Å². The van der Waals surface area contributed by atoms with Crippen LogP contribution in [0.25, 0.3) is 16.6 Å². The van der Waals surface area contributed by atoms with Crippen LogP contribution in [0.5, 0.6) is 0 Å². The molecule has 0 fully saturated rings. The van der Waals surface area contributed by atoms with E-state index in [4.69, 9.17) is 10.1 Å². The zero-order valence-electron chi connectivity index (χ0n) is 16.6. The summed E-state index contributed by atoms with van der Waals surface area (Å²) in [6, 6.07) is 21.2. The lowest BCUT2D eigenvalue weighted by Crippen LogP contribution is -2.26. The molecular weight excluding hydrogens is 398 g/mol. The number of sulfonamides is 1. The number of nitrogens with two attached hydrogens (primary N) is 1. The highest BCUT2D eigenvalue weighted by atomic mass is 32.2. The predicted molar refractivity (Wildman–Crippen MR) is 117 cm³/mol. The number of primary sulfonamides is 1. The fraction of sp³-hybridized carbons (Fsp3) is 0.130. The molecule has 152 valence electrons. The summed E-state index contributed by atoms with van der Waals surface area (Å²) in [4.78, 5) is 18.2. The first-order valence-electron chi connectivity index (χ1n) is 9.48. The number of benzene rings is 3. The molecule has 3 aromatic carbocycles. The molecule has 1 atom stereocenters. The zero-order chi connectivity index (χ0) is 21.5. The van der Waals surface area contributed by atoms with E-state index in [1.165, 1.54) is 6.07 Å². The van der Waals surface area contributed by atoms with E-state index in [9.17, 15) is 13.2 Å². The zero-order valence-corrected chi connectivity index (χ0v) is 17.4. The molecule has 6 nitrogen and oxygen atoms in total. The Morgan fingerprint density at radius 3 is 2.27 bits per heavy atom. The Labute approximate surface area is 174 Å². The molecule has 4 aromatic rings. The molecule has 0 aliphatic heterocycles. The minimum Gasteiger partial charge on any atom is -0.268 e. The summed E-state index contributed by atoms with van der Waals surface area (Å²) in [5.41, 5.74) is 2.57. The number of hydrogen-bond donors (Lipinski definition) is 1. The van der Waals surface area contributed by atoms with E-state index in [-0.39, 0.29) is 10.5 Å². The van der Waals surface area contributed by atoms with Crippen molar-refractivity contribution in [1.82, 2.24) is 9.55 Å². The fourth-order valence-electron chi connectivity index (χ4n) is 3.62. The van der Waals surface area contributed by atoms with Crippen LogP contribution in [0, 0.1) is 6.92 Å². The van der Waals surface area contributed by atoms with Crippen molar-refractivity contribution >= 4 is 20.9 Å². The summed E-state index contributed by atoms with van der Waals surface area (Å²) in [5.74, 6) is -0.0585. The average Bonchev–Trinajstić information content (AvgIpc) is 2.73. The van der Waals surface area contributed by atoms with Gasteiger partial charge < -0.3 is 0 Å². The van der Waals surface area contributed by atoms with Gasteiger partial charge in [-0.05, 0) is 42.8 Å². The number of fused-ring (bicyclic) bond motifs is 1. The summed E-state index contributed by atoms with van der Waals surface area (Å²) in [5, 5.41) is 5.94. The van der Waals surface area contributed by atoms with Crippen molar-refractivity contribution in [2.45, 2.75) is 24.7 Å². The largest absolute Gasteiger partial charge is 0.268 e. The van der Waals surface area contributed by atoms with Crippen molar-refractivity contribution in [3.05, 3.63) is 100 Å². The SMILES string of the molecule is Cc1ccc(-n2c(C(C)c3ccccc3S(N)(=O)=O)nc3ccccc3c2=O)cc1. The lowest BCUT2D eigenvalue weighted by Gasteiger charge is -2.20. The van der Waals surface area contributed by atoms with Gasteiger partial charge in [0.1, 0.15) is 5.82 Å². The third-order valence-corrected chi connectivity index (χ3v) is 6.16. The first-order chi connectivity index (χ1) is 14.3. The third kappa shape index (κ3) is 3.53. The number of rotatable bonds is 4. The van der Waals surface area contributed by atoms with Gasteiger partial charge >= 0.3 is 0 Å². The number of hydrogen-bond acceptors (Lipinski definition) is 4. The first-order valence-corrected chi connectivity index (χ1v) is 11.0. The van der Waals surface area contributed by atoms with Crippen LogP contribution in [0.4, 0.5) is 0 Å². The summed E-state index contributed by atoms with van der Waals surface area (Å²) < 4.78 is 25.8. The highest BCUT2D eigenvalue weighted by Gasteiger charge is 2.24. The van der Waals surface area contributed by atoms with Crippen LogP contribution in [-0.2, 0) is 10.0 Å². The molecule has 0 aliphatic rings. The minimum absolute atomic E-state index is 0.0235. The molecule has 2 N–H and O–H groups in total. The lowest BCUT2D eigenvalue weighted by atomic mass is 9.99. The predicted octanol–water partition coefficient (Wildman–Crippen LogP) is 3.49. The normalized spacial score (nSPS) is 12.8. The van der Waals surface area contributed by atoms with Crippen molar-refractivity contribution in [2.24, 2.45) is 5.14 Å². The Hall–Kier alpha value is -3.29. The molecule has 0 amide bonds. The van der Waals surface area contributed by atoms with Crippen LogP contribution >= 0.6 is 0 Å².